The van der Waals surface area contributed by atoms with Crippen LogP contribution in [0.5, 0.6) is 0 Å². The van der Waals surface area contributed by atoms with Crippen LogP contribution < -0.4 is 15.5 Å². The monoisotopic (exact) mass is 345 g/mol. The Morgan fingerprint density at radius 1 is 1.04 bits per heavy atom. The van der Waals surface area contributed by atoms with E-state index in [2.05, 4.69) is 27.2 Å². The highest BCUT2D eigenvalue weighted by Crippen LogP contribution is 2.26. The lowest BCUT2D eigenvalue weighted by molar-refractivity contribution is -0.111. The van der Waals surface area contributed by atoms with Gasteiger partial charge in [-0.3, -0.25) is 4.79 Å². The summed E-state index contributed by atoms with van der Waals surface area (Å²) in [5.41, 5.74) is 2.35. The van der Waals surface area contributed by atoms with Crippen molar-refractivity contribution in [2.45, 2.75) is 0 Å². The van der Waals surface area contributed by atoms with E-state index in [1.54, 1.807) is 12.3 Å². The molecule has 130 valence electrons. The highest BCUT2D eigenvalue weighted by molar-refractivity contribution is 6.01. The molecule has 1 aromatic heterocycles. The van der Waals surface area contributed by atoms with Crippen LogP contribution in [0.15, 0.2) is 79.5 Å². The van der Waals surface area contributed by atoms with Crippen LogP contribution in [0.1, 0.15) is 0 Å². The van der Waals surface area contributed by atoms with E-state index in [9.17, 15) is 4.79 Å². The molecule has 0 aliphatic carbocycles. The number of aromatic nitrogens is 2. The van der Waals surface area contributed by atoms with E-state index in [1.165, 1.54) is 6.08 Å². The van der Waals surface area contributed by atoms with Crippen molar-refractivity contribution in [1.29, 1.82) is 0 Å². The Kier molecular flexibility index (Phi) is 5.24. The molecule has 0 saturated carbocycles. The van der Waals surface area contributed by atoms with Gasteiger partial charge in [0.25, 0.3) is 0 Å². The largest absolute Gasteiger partial charge is 0.329 e. The number of hydrogen-bond acceptors (Lipinski definition) is 5. The average molecular weight is 345 g/mol. The van der Waals surface area contributed by atoms with Crippen LogP contribution in [0.4, 0.5) is 28.8 Å². The number of anilines is 5. The van der Waals surface area contributed by atoms with Gasteiger partial charge in [-0.05, 0) is 36.4 Å². The Morgan fingerprint density at radius 2 is 1.73 bits per heavy atom. The van der Waals surface area contributed by atoms with Crippen LogP contribution in [0.2, 0.25) is 0 Å². The van der Waals surface area contributed by atoms with Crippen LogP contribution in [-0.2, 0) is 4.79 Å². The molecule has 6 heteroatoms. The fourth-order valence-corrected chi connectivity index (χ4v) is 2.39. The second-order valence-electron chi connectivity index (χ2n) is 5.50. The van der Waals surface area contributed by atoms with Crippen LogP contribution >= 0.6 is 0 Å². The first-order valence-corrected chi connectivity index (χ1v) is 8.08. The van der Waals surface area contributed by atoms with Crippen molar-refractivity contribution in [2.75, 3.05) is 22.6 Å². The van der Waals surface area contributed by atoms with Crippen molar-refractivity contribution in [3.63, 3.8) is 0 Å². The average Bonchev–Trinajstić information content (AvgIpc) is 2.69. The molecule has 0 radical (unpaired) electrons. The number of carbonyl (C=O) groups excluding carboxylic acids is 1. The molecule has 2 aromatic carbocycles. The Labute approximate surface area is 152 Å². The van der Waals surface area contributed by atoms with Crippen molar-refractivity contribution >= 4 is 34.7 Å². The van der Waals surface area contributed by atoms with Crippen molar-refractivity contribution in [3.8, 4) is 0 Å². The molecule has 6 nitrogen and oxygen atoms in total. The van der Waals surface area contributed by atoms with E-state index in [-0.39, 0.29) is 5.91 Å². The second-order valence-corrected chi connectivity index (χ2v) is 5.50. The van der Waals surface area contributed by atoms with Crippen LogP contribution in [0, 0.1) is 0 Å². The second kappa shape index (κ2) is 7.94. The zero-order valence-corrected chi connectivity index (χ0v) is 14.4. The molecule has 0 unspecified atom stereocenters. The SMILES string of the molecule is C=CC(=O)Nc1ccccc1Nc1nccc(N(C)c2ccccc2)n1. The Morgan fingerprint density at radius 3 is 2.46 bits per heavy atom. The molecule has 0 bridgehead atoms. The van der Waals surface area contributed by atoms with Gasteiger partial charge in [0.05, 0.1) is 11.4 Å². The third-order valence-corrected chi connectivity index (χ3v) is 3.74. The molecule has 1 amide bonds. The number of amides is 1. The molecule has 0 saturated heterocycles. The van der Waals surface area contributed by atoms with Gasteiger partial charge in [0.1, 0.15) is 5.82 Å². The Bertz CT molecular complexity index is 911. The predicted octanol–water partition coefficient (Wildman–Crippen LogP) is 4.11. The summed E-state index contributed by atoms with van der Waals surface area (Å²) >= 11 is 0. The molecule has 2 N–H and O–H groups in total. The van der Waals surface area contributed by atoms with Gasteiger partial charge in [-0.25, -0.2) is 4.98 Å². The number of carbonyl (C=O) groups is 1. The number of rotatable bonds is 6. The smallest absolute Gasteiger partial charge is 0.247 e. The molecule has 1 heterocycles. The lowest BCUT2D eigenvalue weighted by atomic mass is 10.2. The number of benzene rings is 2. The van der Waals surface area contributed by atoms with Gasteiger partial charge in [0, 0.05) is 18.9 Å². The first kappa shape index (κ1) is 17.2. The normalized spacial score (nSPS) is 10.0. The summed E-state index contributed by atoms with van der Waals surface area (Å²) in [5.74, 6) is 0.907. The van der Waals surface area contributed by atoms with Crippen molar-refractivity contribution in [2.24, 2.45) is 0 Å². The van der Waals surface area contributed by atoms with E-state index >= 15 is 0 Å². The number of hydrogen-bond donors (Lipinski definition) is 2. The summed E-state index contributed by atoms with van der Waals surface area (Å²) in [6.07, 6.45) is 2.91. The molecule has 0 atom stereocenters. The maximum atomic E-state index is 11.6. The lowest BCUT2D eigenvalue weighted by Gasteiger charge is -2.19. The first-order chi connectivity index (χ1) is 12.7. The van der Waals surface area contributed by atoms with Gasteiger partial charge < -0.3 is 15.5 Å². The molecule has 26 heavy (non-hydrogen) atoms. The zero-order valence-electron chi connectivity index (χ0n) is 14.4. The number of nitrogens with zero attached hydrogens (tertiary/aromatic N) is 3. The van der Waals surface area contributed by atoms with Gasteiger partial charge in [0.15, 0.2) is 0 Å². The van der Waals surface area contributed by atoms with E-state index in [4.69, 9.17) is 0 Å². The molecule has 0 fully saturated rings. The summed E-state index contributed by atoms with van der Waals surface area (Å²) in [4.78, 5) is 22.4. The Hall–Kier alpha value is -3.67. The van der Waals surface area contributed by atoms with E-state index in [0.717, 1.165) is 11.5 Å². The molecular weight excluding hydrogens is 326 g/mol. The maximum Gasteiger partial charge on any atom is 0.247 e. The third kappa shape index (κ3) is 4.05. The fourth-order valence-electron chi connectivity index (χ4n) is 2.39. The topological polar surface area (TPSA) is 70.2 Å². The quantitative estimate of drug-likeness (QED) is 0.658. The summed E-state index contributed by atoms with van der Waals surface area (Å²) in [7, 11) is 1.94. The highest BCUT2D eigenvalue weighted by Gasteiger charge is 2.09. The molecule has 0 spiro atoms. The van der Waals surface area contributed by atoms with Crippen LogP contribution in [0.3, 0.4) is 0 Å². The zero-order chi connectivity index (χ0) is 18.4. The lowest BCUT2D eigenvalue weighted by Crippen LogP contribution is -2.13. The highest BCUT2D eigenvalue weighted by atomic mass is 16.1. The van der Waals surface area contributed by atoms with Crippen molar-refractivity contribution in [1.82, 2.24) is 9.97 Å². The minimum atomic E-state index is -0.280. The number of nitrogens with one attached hydrogen (secondary N) is 2. The van der Waals surface area contributed by atoms with E-state index in [0.29, 0.717) is 17.3 Å². The van der Waals surface area contributed by atoms with Crippen LogP contribution in [0.25, 0.3) is 0 Å². The summed E-state index contributed by atoms with van der Waals surface area (Å²) in [6, 6.07) is 19.1. The fraction of sp³-hybridized carbons (Fsp3) is 0.0500. The summed E-state index contributed by atoms with van der Waals surface area (Å²) in [6.45, 7) is 3.47. The van der Waals surface area contributed by atoms with Gasteiger partial charge in [-0.1, -0.05) is 36.9 Å². The summed E-state index contributed by atoms with van der Waals surface area (Å²) < 4.78 is 0. The molecule has 3 rings (SSSR count). The van der Waals surface area contributed by atoms with Crippen LogP contribution in [-0.4, -0.2) is 22.9 Å². The van der Waals surface area contributed by atoms with Gasteiger partial charge in [-0.2, -0.15) is 4.98 Å². The first-order valence-electron chi connectivity index (χ1n) is 8.08. The molecular formula is C20H19N5O. The standard InChI is InChI=1S/C20H19N5O/c1-3-19(26)22-16-11-7-8-12-17(16)23-20-21-14-13-18(24-20)25(2)15-9-5-4-6-10-15/h3-14H,1H2,2H3,(H,22,26)(H,21,23,24). The minimum absolute atomic E-state index is 0.280. The van der Waals surface area contributed by atoms with E-state index < -0.39 is 0 Å². The Balaban J connectivity index is 1.84. The van der Waals surface area contributed by atoms with Gasteiger partial charge in [0.2, 0.25) is 11.9 Å². The van der Waals surface area contributed by atoms with Gasteiger partial charge in [-0.15, -0.1) is 0 Å². The van der Waals surface area contributed by atoms with E-state index in [1.807, 2.05) is 66.5 Å². The van der Waals surface area contributed by atoms with Gasteiger partial charge >= 0.3 is 0 Å². The maximum absolute atomic E-state index is 11.6. The summed E-state index contributed by atoms with van der Waals surface area (Å²) in [5, 5.41) is 5.91. The molecule has 0 aliphatic heterocycles. The van der Waals surface area contributed by atoms with Crippen molar-refractivity contribution < 1.29 is 4.79 Å². The minimum Gasteiger partial charge on any atom is -0.329 e. The third-order valence-electron chi connectivity index (χ3n) is 3.74. The predicted molar refractivity (Wildman–Crippen MR) is 105 cm³/mol. The van der Waals surface area contributed by atoms with Crippen molar-refractivity contribution in [3.05, 3.63) is 79.5 Å². The molecule has 0 aliphatic rings. The number of para-hydroxylation sites is 3. The molecule has 3 aromatic rings.